The summed E-state index contributed by atoms with van der Waals surface area (Å²) >= 11 is 0. The molecule has 2 aliphatic rings. The molecular formula is C30H42N2O4. The van der Waals surface area contributed by atoms with Gasteiger partial charge in [-0.3, -0.25) is 9.69 Å². The van der Waals surface area contributed by atoms with E-state index in [1.807, 2.05) is 36.9 Å². The van der Waals surface area contributed by atoms with Crippen LogP contribution in [-0.4, -0.2) is 73.9 Å². The highest BCUT2D eigenvalue weighted by molar-refractivity contribution is 5.94. The van der Waals surface area contributed by atoms with Crippen LogP contribution in [0, 0.1) is 5.92 Å². The van der Waals surface area contributed by atoms with E-state index >= 15 is 0 Å². The van der Waals surface area contributed by atoms with Crippen LogP contribution in [0.3, 0.4) is 0 Å². The monoisotopic (exact) mass is 494 g/mol. The van der Waals surface area contributed by atoms with Crippen LogP contribution in [0.25, 0.3) is 0 Å². The molecule has 6 nitrogen and oxygen atoms in total. The van der Waals surface area contributed by atoms with Gasteiger partial charge >= 0.3 is 0 Å². The van der Waals surface area contributed by atoms with Crippen molar-refractivity contribution in [3.05, 3.63) is 64.7 Å². The largest absolute Gasteiger partial charge is 0.491 e. The number of carbonyl (C=O) groups is 1. The quantitative estimate of drug-likeness (QED) is 0.612. The summed E-state index contributed by atoms with van der Waals surface area (Å²) in [4.78, 5) is 17.8. The Kier molecular flexibility index (Phi) is 9.41. The lowest BCUT2D eigenvalue weighted by molar-refractivity contribution is -0.0586. The van der Waals surface area contributed by atoms with Crippen molar-refractivity contribution >= 4 is 5.91 Å². The molecule has 1 saturated heterocycles. The molecule has 2 aliphatic heterocycles. The standard InChI is InChI=1S/C30H42N2O4/c1-22(2)10-11-31-12-13-34-14-15-35-29-9-8-27(30(33)32-19-23(3)36-24(4)20-32)18-28(29)17-25-6-5-7-26(16-25)21-31/h5-9,16,18,22-24H,10-15,17,19-21H2,1-4H3. The van der Waals surface area contributed by atoms with Crippen LogP contribution >= 0.6 is 0 Å². The summed E-state index contributed by atoms with van der Waals surface area (Å²) in [6.45, 7) is 14.4. The Balaban J connectivity index is 1.57. The molecule has 0 aliphatic carbocycles. The van der Waals surface area contributed by atoms with Gasteiger partial charge in [-0.05, 0) is 67.6 Å². The second-order valence-electron chi connectivity index (χ2n) is 10.7. The van der Waals surface area contributed by atoms with E-state index in [0.29, 0.717) is 50.8 Å². The van der Waals surface area contributed by atoms with Crippen molar-refractivity contribution in [3.63, 3.8) is 0 Å². The normalized spacial score (nSPS) is 22.0. The summed E-state index contributed by atoms with van der Waals surface area (Å²) in [7, 11) is 0. The number of ether oxygens (including phenoxy) is 3. The Morgan fingerprint density at radius 3 is 2.56 bits per heavy atom. The lowest BCUT2D eigenvalue weighted by Gasteiger charge is -2.35. The molecule has 4 rings (SSSR count). The fraction of sp³-hybridized carbons (Fsp3) is 0.567. The van der Waals surface area contributed by atoms with E-state index in [1.54, 1.807) is 0 Å². The molecule has 2 unspecified atom stereocenters. The topological polar surface area (TPSA) is 51.2 Å². The van der Waals surface area contributed by atoms with Gasteiger partial charge in [0.05, 0.1) is 25.4 Å². The van der Waals surface area contributed by atoms with Crippen molar-refractivity contribution < 1.29 is 19.0 Å². The van der Waals surface area contributed by atoms with E-state index in [-0.39, 0.29) is 18.1 Å². The van der Waals surface area contributed by atoms with Gasteiger partial charge in [0.25, 0.3) is 5.91 Å². The Morgan fingerprint density at radius 2 is 1.78 bits per heavy atom. The van der Waals surface area contributed by atoms with E-state index in [4.69, 9.17) is 14.2 Å². The highest BCUT2D eigenvalue weighted by atomic mass is 16.5. The van der Waals surface area contributed by atoms with Gasteiger partial charge in [0.1, 0.15) is 12.4 Å². The van der Waals surface area contributed by atoms with Crippen LogP contribution in [0.15, 0.2) is 42.5 Å². The molecule has 0 spiro atoms. The zero-order chi connectivity index (χ0) is 25.5. The number of rotatable bonds is 4. The number of fused-ring (bicyclic) bond motifs is 3. The molecule has 1 amide bonds. The van der Waals surface area contributed by atoms with Crippen LogP contribution in [-0.2, 0) is 22.4 Å². The first-order valence-electron chi connectivity index (χ1n) is 13.5. The van der Waals surface area contributed by atoms with Crippen molar-refractivity contribution in [3.8, 4) is 5.75 Å². The van der Waals surface area contributed by atoms with Crippen molar-refractivity contribution in [1.29, 1.82) is 0 Å². The van der Waals surface area contributed by atoms with E-state index in [9.17, 15) is 4.79 Å². The number of carbonyl (C=O) groups excluding carboxylic acids is 1. The molecular weight excluding hydrogens is 452 g/mol. The van der Waals surface area contributed by atoms with Gasteiger partial charge in [0.2, 0.25) is 0 Å². The summed E-state index contributed by atoms with van der Waals surface area (Å²) in [6, 6.07) is 14.6. The number of nitrogens with zero attached hydrogens (tertiary/aromatic N) is 2. The first kappa shape index (κ1) is 26.6. The minimum Gasteiger partial charge on any atom is -0.491 e. The fourth-order valence-electron chi connectivity index (χ4n) is 5.05. The van der Waals surface area contributed by atoms with Crippen LogP contribution in [0.1, 0.15) is 61.2 Å². The molecule has 0 radical (unpaired) electrons. The maximum absolute atomic E-state index is 13.4. The Morgan fingerprint density at radius 1 is 1.00 bits per heavy atom. The van der Waals surface area contributed by atoms with Crippen LogP contribution in [0.5, 0.6) is 5.75 Å². The van der Waals surface area contributed by atoms with Gasteiger partial charge in [-0.1, -0.05) is 38.1 Å². The SMILES string of the molecule is CC(C)CCN1CCOCCOc2ccc(C(=O)N3CC(C)OC(C)C3)cc2Cc2cccc(c2)C1. The lowest BCUT2D eigenvalue weighted by atomic mass is 9.99. The van der Waals surface area contributed by atoms with Crippen LogP contribution < -0.4 is 4.74 Å². The Bertz CT molecular complexity index is 998. The highest BCUT2D eigenvalue weighted by Gasteiger charge is 2.27. The number of benzene rings is 2. The van der Waals surface area contributed by atoms with Gasteiger partial charge in [-0.15, -0.1) is 0 Å². The molecule has 2 heterocycles. The summed E-state index contributed by atoms with van der Waals surface area (Å²) in [5.74, 6) is 1.55. The molecule has 0 N–H and O–H groups in total. The number of hydrogen-bond donors (Lipinski definition) is 0. The first-order chi connectivity index (χ1) is 17.4. The highest BCUT2D eigenvalue weighted by Crippen LogP contribution is 2.26. The predicted octanol–water partition coefficient (Wildman–Crippen LogP) is 4.78. The van der Waals surface area contributed by atoms with E-state index in [2.05, 4.69) is 43.0 Å². The van der Waals surface area contributed by atoms with Gasteiger partial charge in [-0.25, -0.2) is 0 Å². The average molecular weight is 495 g/mol. The minimum atomic E-state index is 0.0428. The van der Waals surface area contributed by atoms with Gasteiger partial charge in [-0.2, -0.15) is 0 Å². The molecule has 196 valence electrons. The molecule has 2 aromatic rings. The number of hydrogen-bond acceptors (Lipinski definition) is 5. The molecule has 0 saturated carbocycles. The molecule has 1 fully saturated rings. The Hall–Kier alpha value is -2.41. The predicted molar refractivity (Wildman–Crippen MR) is 143 cm³/mol. The lowest BCUT2D eigenvalue weighted by Crippen LogP contribution is -2.48. The smallest absolute Gasteiger partial charge is 0.254 e. The number of morpholine rings is 1. The van der Waals surface area contributed by atoms with Gasteiger partial charge in [0, 0.05) is 38.2 Å². The van der Waals surface area contributed by atoms with E-state index < -0.39 is 0 Å². The maximum atomic E-state index is 13.4. The molecule has 0 aromatic heterocycles. The second kappa shape index (κ2) is 12.7. The zero-order valence-electron chi connectivity index (χ0n) is 22.4. The minimum absolute atomic E-state index is 0.0428. The summed E-state index contributed by atoms with van der Waals surface area (Å²) in [5.41, 5.74) is 4.26. The van der Waals surface area contributed by atoms with E-state index in [1.165, 1.54) is 17.5 Å². The van der Waals surface area contributed by atoms with Crippen molar-refractivity contribution in [2.75, 3.05) is 46.0 Å². The van der Waals surface area contributed by atoms with E-state index in [0.717, 1.165) is 30.9 Å². The van der Waals surface area contributed by atoms with Crippen molar-refractivity contribution in [1.82, 2.24) is 9.80 Å². The molecule has 2 atom stereocenters. The maximum Gasteiger partial charge on any atom is 0.254 e. The summed E-state index contributed by atoms with van der Waals surface area (Å²) in [6.07, 6.45) is 1.98. The zero-order valence-corrected chi connectivity index (χ0v) is 22.4. The first-order valence-corrected chi connectivity index (χ1v) is 13.5. The third-order valence-corrected chi connectivity index (χ3v) is 6.87. The van der Waals surface area contributed by atoms with Crippen molar-refractivity contribution in [2.45, 2.75) is 59.3 Å². The summed E-state index contributed by atoms with van der Waals surface area (Å²) in [5, 5.41) is 0. The third-order valence-electron chi connectivity index (χ3n) is 6.87. The molecule has 6 heteroatoms. The Labute approximate surface area is 216 Å². The van der Waals surface area contributed by atoms with Crippen LogP contribution in [0.2, 0.25) is 0 Å². The van der Waals surface area contributed by atoms with Gasteiger partial charge < -0.3 is 19.1 Å². The molecule has 36 heavy (non-hydrogen) atoms. The fourth-order valence-corrected chi connectivity index (χ4v) is 5.05. The number of amides is 1. The summed E-state index contributed by atoms with van der Waals surface area (Å²) < 4.78 is 17.9. The molecule has 2 bridgehead atoms. The second-order valence-corrected chi connectivity index (χ2v) is 10.7. The van der Waals surface area contributed by atoms with Crippen molar-refractivity contribution in [2.24, 2.45) is 5.92 Å². The average Bonchev–Trinajstić information content (AvgIpc) is 2.83. The van der Waals surface area contributed by atoms with Gasteiger partial charge in [0.15, 0.2) is 0 Å². The molecule has 2 aromatic carbocycles. The third kappa shape index (κ3) is 7.55. The van der Waals surface area contributed by atoms with Crippen LogP contribution in [0.4, 0.5) is 0 Å².